The van der Waals surface area contributed by atoms with Gasteiger partial charge >= 0.3 is 0 Å². The number of nitrogens with zero attached hydrogens (tertiary/aromatic N) is 1. The van der Waals surface area contributed by atoms with Crippen molar-refractivity contribution in [1.82, 2.24) is 4.98 Å². The van der Waals surface area contributed by atoms with Crippen LogP contribution in [-0.2, 0) is 10.0 Å². The van der Waals surface area contributed by atoms with Gasteiger partial charge in [0, 0.05) is 5.69 Å². The first-order valence-corrected chi connectivity index (χ1v) is 8.01. The molecular formula is C14H17N3O2S. The second-order valence-corrected chi connectivity index (χ2v) is 6.45. The molecule has 0 atom stereocenters. The molecule has 1 aromatic carbocycles. The van der Waals surface area contributed by atoms with E-state index in [0.29, 0.717) is 11.5 Å². The van der Waals surface area contributed by atoms with Gasteiger partial charge in [-0.05, 0) is 37.1 Å². The zero-order valence-electron chi connectivity index (χ0n) is 11.6. The summed E-state index contributed by atoms with van der Waals surface area (Å²) in [4.78, 5) is 4.20. The predicted molar refractivity (Wildman–Crippen MR) is 81.9 cm³/mol. The third-order valence-electron chi connectivity index (χ3n) is 2.80. The summed E-state index contributed by atoms with van der Waals surface area (Å²) in [6.07, 6.45) is 2.59. The van der Waals surface area contributed by atoms with Crippen LogP contribution < -0.4 is 10.0 Å². The molecule has 0 aliphatic heterocycles. The van der Waals surface area contributed by atoms with Gasteiger partial charge < -0.3 is 5.32 Å². The largest absolute Gasteiger partial charge is 0.340 e. The lowest BCUT2D eigenvalue weighted by Gasteiger charge is -2.12. The number of anilines is 3. The summed E-state index contributed by atoms with van der Waals surface area (Å²) < 4.78 is 24.6. The molecule has 0 radical (unpaired) electrons. The standard InChI is InChI=1S/C14H17N3O2S/c1-10-5-4-6-11(2)14(10)16-13-8-7-12(9-15-13)17-20(3,18)19/h4-9,17H,1-3H3,(H,15,16). The number of para-hydroxylation sites is 1. The van der Waals surface area contributed by atoms with E-state index in [1.54, 1.807) is 12.1 Å². The Morgan fingerprint density at radius 2 is 1.70 bits per heavy atom. The molecular weight excluding hydrogens is 274 g/mol. The molecule has 1 aromatic heterocycles. The molecule has 0 saturated heterocycles. The van der Waals surface area contributed by atoms with Gasteiger partial charge in [-0.15, -0.1) is 0 Å². The third-order valence-corrected chi connectivity index (χ3v) is 3.41. The lowest BCUT2D eigenvalue weighted by atomic mass is 10.1. The van der Waals surface area contributed by atoms with Crippen LogP contribution in [0.1, 0.15) is 11.1 Å². The molecule has 0 aliphatic rings. The van der Waals surface area contributed by atoms with Gasteiger partial charge in [0.15, 0.2) is 0 Å². The van der Waals surface area contributed by atoms with Crippen LogP contribution in [0.15, 0.2) is 36.5 Å². The molecule has 2 N–H and O–H groups in total. The van der Waals surface area contributed by atoms with Gasteiger partial charge in [0.25, 0.3) is 0 Å². The molecule has 2 rings (SSSR count). The van der Waals surface area contributed by atoms with Gasteiger partial charge in [0.2, 0.25) is 10.0 Å². The Morgan fingerprint density at radius 1 is 1.05 bits per heavy atom. The van der Waals surface area contributed by atoms with Gasteiger partial charge in [0.05, 0.1) is 18.1 Å². The summed E-state index contributed by atoms with van der Waals surface area (Å²) in [5.41, 5.74) is 3.72. The molecule has 0 saturated carbocycles. The van der Waals surface area contributed by atoms with Crippen LogP contribution in [0.5, 0.6) is 0 Å². The maximum atomic E-state index is 11.1. The SMILES string of the molecule is Cc1cccc(C)c1Nc1ccc(NS(C)(=O)=O)cn1. The molecule has 0 aliphatic carbocycles. The van der Waals surface area contributed by atoms with E-state index in [1.807, 2.05) is 32.0 Å². The summed E-state index contributed by atoms with van der Waals surface area (Å²) in [5.74, 6) is 0.668. The van der Waals surface area contributed by atoms with Crippen molar-refractivity contribution < 1.29 is 8.42 Å². The molecule has 1 heterocycles. The van der Waals surface area contributed by atoms with Gasteiger partial charge in [-0.2, -0.15) is 0 Å². The summed E-state index contributed by atoms with van der Waals surface area (Å²) in [7, 11) is -3.27. The van der Waals surface area contributed by atoms with Gasteiger partial charge in [-0.1, -0.05) is 18.2 Å². The van der Waals surface area contributed by atoms with E-state index in [0.717, 1.165) is 23.1 Å². The summed E-state index contributed by atoms with van der Waals surface area (Å²) in [5, 5.41) is 3.24. The van der Waals surface area contributed by atoms with E-state index >= 15 is 0 Å². The van der Waals surface area contributed by atoms with Crippen LogP contribution in [0.3, 0.4) is 0 Å². The van der Waals surface area contributed by atoms with Crippen molar-refractivity contribution in [3.63, 3.8) is 0 Å². The predicted octanol–water partition coefficient (Wildman–Crippen LogP) is 2.81. The van der Waals surface area contributed by atoms with E-state index in [2.05, 4.69) is 15.0 Å². The Labute approximate surface area is 119 Å². The summed E-state index contributed by atoms with van der Waals surface area (Å²) in [6, 6.07) is 9.45. The van der Waals surface area contributed by atoms with Crippen molar-refractivity contribution in [3.05, 3.63) is 47.7 Å². The summed E-state index contributed by atoms with van der Waals surface area (Å²) in [6.45, 7) is 4.05. The van der Waals surface area contributed by atoms with Crippen molar-refractivity contribution in [2.75, 3.05) is 16.3 Å². The molecule has 0 fully saturated rings. The second-order valence-electron chi connectivity index (χ2n) is 4.70. The monoisotopic (exact) mass is 291 g/mol. The molecule has 0 spiro atoms. The minimum atomic E-state index is -3.27. The van der Waals surface area contributed by atoms with Crippen LogP contribution >= 0.6 is 0 Å². The van der Waals surface area contributed by atoms with Gasteiger partial charge in [0.1, 0.15) is 5.82 Å². The summed E-state index contributed by atoms with van der Waals surface area (Å²) >= 11 is 0. The lowest BCUT2D eigenvalue weighted by molar-refractivity contribution is 0.607. The first-order chi connectivity index (χ1) is 9.35. The molecule has 0 amide bonds. The number of nitrogens with one attached hydrogen (secondary N) is 2. The Kier molecular flexibility index (Phi) is 3.94. The Balaban J connectivity index is 2.19. The van der Waals surface area contributed by atoms with Crippen LogP contribution in [0, 0.1) is 13.8 Å². The number of aryl methyl sites for hydroxylation is 2. The molecule has 5 nitrogen and oxygen atoms in total. The second kappa shape index (κ2) is 5.50. The Morgan fingerprint density at radius 3 is 2.20 bits per heavy atom. The highest BCUT2D eigenvalue weighted by Gasteiger charge is 2.05. The average Bonchev–Trinajstić information content (AvgIpc) is 2.34. The highest BCUT2D eigenvalue weighted by molar-refractivity contribution is 7.92. The van der Waals surface area contributed by atoms with E-state index in [-0.39, 0.29) is 0 Å². The fourth-order valence-corrected chi connectivity index (χ4v) is 2.43. The zero-order chi connectivity index (χ0) is 14.8. The molecule has 0 unspecified atom stereocenters. The molecule has 2 aromatic rings. The van der Waals surface area contributed by atoms with Gasteiger partial charge in [-0.25, -0.2) is 13.4 Å². The highest BCUT2D eigenvalue weighted by atomic mass is 32.2. The third kappa shape index (κ3) is 3.71. The average molecular weight is 291 g/mol. The van der Waals surface area contributed by atoms with E-state index in [9.17, 15) is 8.42 Å². The fraction of sp³-hybridized carbons (Fsp3) is 0.214. The smallest absolute Gasteiger partial charge is 0.229 e. The number of benzene rings is 1. The number of aromatic nitrogens is 1. The van der Waals surface area contributed by atoms with Crippen LogP contribution in [0.4, 0.5) is 17.2 Å². The first kappa shape index (κ1) is 14.3. The number of hydrogen-bond donors (Lipinski definition) is 2. The van der Waals surface area contributed by atoms with E-state index in [4.69, 9.17) is 0 Å². The van der Waals surface area contributed by atoms with Crippen molar-refractivity contribution in [1.29, 1.82) is 0 Å². The van der Waals surface area contributed by atoms with Crippen molar-refractivity contribution in [3.8, 4) is 0 Å². The van der Waals surface area contributed by atoms with Crippen LogP contribution in [0.25, 0.3) is 0 Å². The maximum absolute atomic E-state index is 11.1. The Bertz CT molecular complexity index is 689. The quantitative estimate of drug-likeness (QED) is 0.908. The molecule has 106 valence electrons. The zero-order valence-corrected chi connectivity index (χ0v) is 12.5. The molecule has 0 bridgehead atoms. The number of hydrogen-bond acceptors (Lipinski definition) is 4. The van der Waals surface area contributed by atoms with E-state index in [1.165, 1.54) is 6.20 Å². The molecule has 20 heavy (non-hydrogen) atoms. The van der Waals surface area contributed by atoms with Crippen LogP contribution in [-0.4, -0.2) is 19.7 Å². The number of pyridine rings is 1. The van der Waals surface area contributed by atoms with Crippen molar-refractivity contribution in [2.24, 2.45) is 0 Å². The fourth-order valence-electron chi connectivity index (χ4n) is 1.88. The maximum Gasteiger partial charge on any atom is 0.229 e. The van der Waals surface area contributed by atoms with Crippen molar-refractivity contribution >= 4 is 27.2 Å². The number of rotatable bonds is 4. The van der Waals surface area contributed by atoms with E-state index < -0.39 is 10.0 Å². The lowest BCUT2D eigenvalue weighted by Crippen LogP contribution is -2.09. The first-order valence-electron chi connectivity index (χ1n) is 6.12. The normalized spacial score (nSPS) is 11.2. The highest BCUT2D eigenvalue weighted by Crippen LogP contribution is 2.23. The van der Waals surface area contributed by atoms with Gasteiger partial charge in [-0.3, -0.25) is 4.72 Å². The van der Waals surface area contributed by atoms with Crippen LogP contribution in [0.2, 0.25) is 0 Å². The number of sulfonamides is 1. The Hall–Kier alpha value is -2.08. The minimum absolute atomic E-state index is 0.444. The van der Waals surface area contributed by atoms with Crippen molar-refractivity contribution in [2.45, 2.75) is 13.8 Å². The molecule has 6 heteroatoms. The topological polar surface area (TPSA) is 71.1 Å². The minimum Gasteiger partial charge on any atom is -0.340 e.